The number of aryl methyl sites for hydroxylation is 1. The first kappa shape index (κ1) is 22.1. The lowest BCUT2D eigenvalue weighted by Gasteiger charge is -2.25. The topological polar surface area (TPSA) is 29.5 Å². The van der Waals surface area contributed by atoms with Crippen LogP contribution in [0.15, 0.2) is 116 Å². The maximum absolute atomic E-state index is 11.2. The third-order valence-corrected chi connectivity index (χ3v) is 5.52. The molecular formula is C30H27NO2. The number of carbonyl (C=O) groups is 1. The van der Waals surface area contributed by atoms with Crippen molar-refractivity contribution in [1.29, 1.82) is 0 Å². The predicted molar refractivity (Wildman–Crippen MR) is 136 cm³/mol. The van der Waals surface area contributed by atoms with Crippen molar-refractivity contribution in [2.45, 2.75) is 13.3 Å². The van der Waals surface area contributed by atoms with Gasteiger partial charge in [0.2, 0.25) is 0 Å². The summed E-state index contributed by atoms with van der Waals surface area (Å²) in [4.78, 5) is 13.4. The van der Waals surface area contributed by atoms with Gasteiger partial charge < -0.3 is 9.64 Å². The highest BCUT2D eigenvalue weighted by Crippen LogP contribution is 2.35. The van der Waals surface area contributed by atoms with E-state index in [1.807, 2.05) is 6.07 Å². The summed E-state index contributed by atoms with van der Waals surface area (Å²) in [7, 11) is 0. The van der Waals surface area contributed by atoms with Crippen molar-refractivity contribution in [3.05, 3.63) is 127 Å². The number of anilines is 3. The molecule has 33 heavy (non-hydrogen) atoms. The van der Waals surface area contributed by atoms with Crippen molar-refractivity contribution in [3.8, 4) is 11.1 Å². The van der Waals surface area contributed by atoms with Crippen LogP contribution in [0.5, 0.6) is 0 Å². The summed E-state index contributed by atoms with van der Waals surface area (Å²) >= 11 is 0. The van der Waals surface area contributed by atoms with Crippen molar-refractivity contribution in [3.63, 3.8) is 0 Å². The SMILES string of the molecule is C=CC(=O)OCCc1ccc(-c2ccc(N(c3ccccc3)c3ccc(C)cc3)cc2)cc1. The zero-order valence-corrected chi connectivity index (χ0v) is 18.8. The van der Waals surface area contributed by atoms with Crippen molar-refractivity contribution in [2.75, 3.05) is 11.5 Å². The summed E-state index contributed by atoms with van der Waals surface area (Å²) in [6.45, 7) is 5.86. The van der Waals surface area contributed by atoms with E-state index in [1.54, 1.807) is 0 Å². The Morgan fingerprint density at radius 3 is 1.85 bits per heavy atom. The monoisotopic (exact) mass is 433 g/mol. The van der Waals surface area contributed by atoms with Crippen LogP contribution in [0, 0.1) is 6.92 Å². The van der Waals surface area contributed by atoms with E-state index in [9.17, 15) is 4.79 Å². The predicted octanol–water partition coefficient (Wildman–Crippen LogP) is 7.40. The number of para-hydroxylation sites is 1. The van der Waals surface area contributed by atoms with Crippen LogP contribution in [-0.4, -0.2) is 12.6 Å². The van der Waals surface area contributed by atoms with E-state index in [0.29, 0.717) is 13.0 Å². The van der Waals surface area contributed by atoms with Crippen molar-refractivity contribution >= 4 is 23.0 Å². The van der Waals surface area contributed by atoms with Crippen molar-refractivity contribution < 1.29 is 9.53 Å². The molecule has 164 valence electrons. The van der Waals surface area contributed by atoms with Gasteiger partial charge in [-0.3, -0.25) is 0 Å². The van der Waals surface area contributed by atoms with Gasteiger partial charge in [-0.1, -0.05) is 78.9 Å². The molecule has 0 saturated heterocycles. The molecule has 0 bridgehead atoms. The van der Waals surface area contributed by atoms with Crippen molar-refractivity contribution in [1.82, 2.24) is 0 Å². The maximum Gasteiger partial charge on any atom is 0.330 e. The smallest absolute Gasteiger partial charge is 0.330 e. The van der Waals surface area contributed by atoms with Gasteiger partial charge in [-0.15, -0.1) is 0 Å². The van der Waals surface area contributed by atoms with Crippen LogP contribution in [0.2, 0.25) is 0 Å². The molecular weight excluding hydrogens is 406 g/mol. The first-order chi connectivity index (χ1) is 16.1. The highest BCUT2D eigenvalue weighted by molar-refractivity contribution is 5.81. The molecule has 0 saturated carbocycles. The maximum atomic E-state index is 11.2. The van der Waals surface area contributed by atoms with E-state index in [-0.39, 0.29) is 5.97 Å². The molecule has 4 aromatic carbocycles. The minimum atomic E-state index is -0.387. The Morgan fingerprint density at radius 2 is 1.27 bits per heavy atom. The molecule has 0 fully saturated rings. The molecule has 0 unspecified atom stereocenters. The molecule has 0 N–H and O–H groups in total. The molecule has 0 atom stereocenters. The van der Waals surface area contributed by atoms with Crippen LogP contribution < -0.4 is 4.90 Å². The van der Waals surface area contributed by atoms with E-state index in [1.165, 1.54) is 11.6 Å². The average molecular weight is 434 g/mol. The third kappa shape index (κ3) is 5.58. The molecule has 0 amide bonds. The molecule has 0 aliphatic heterocycles. The number of hydrogen-bond donors (Lipinski definition) is 0. The lowest BCUT2D eigenvalue weighted by atomic mass is 10.0. The second-order valence-corrected chi connectivity index (χ2v) is 7.87. The van der Waals surface area contributed by atoms with E-state index < -0.39 is 0 Å². The molecule has 0 aliphatic rings. The van der Waals surface area contributed by atoms with Gasteiger partial charge in [0.05, 0.1) is 6.61 Å². The summed E-state index contributed by atoms with van der Waals surface area (Å²) < 4.78 is 5.06. The number of nitrogens with zero attached hydrogens (tertiary/aromatic N) is 1. The summed E-state index contributed by atoms with van der Waals surface area (Å²) in [5, 5.41) is 0. The molecule has 0 heterocycles. The van der Waals surface area contributed by atoms with Gasteiger partial charge in [0.25, 0.3) is 0 Å². The van der Waals surface area contributed by atoms with Gasteiger partial charge in [0, 0.05) is 29.6 Å². The van der Waals surface area contributed by atoms with Crippen molar-refractivity contribution in [2.24, 2.45) is 0 Å². The molecule has 0 spiro atoms. The molecule has 4 aromatic rings. The van der Waals surface area contributed by atoms with Crippen LogP contribution in [0.1, 0.15) is 11.1 Å². The summed E-state index contributed by atoms with van der Waals surface area (Å²) in [5.74, 6) is -0.387. The minimum Gasteiger partial charge on any atom is -0.462 e. The van der Waals surface area contributed by atoms with E-state index in [2.05, 4.69) is 115 Å². The van der Waals surface area contributed by atoms with Crippen LogP contribution in [-0.2, 0) is 16.0 Å². The Hall–Kier alpha value is -4.11. The first-order valence-electron chi connectivity index (χ1n) is 11.0. The Morgan fingerprint density at radius 1 is 0.758 bits per heavy atom. The zero-order valence-electron chi connectivity index (χ0n) is 18.8. The first-order valence-corrected chi connectivity index (χ1v) is 11.0. The largest absolute Gasteiger partial charge is 0.462 e. The Kier molecular flexibility index (Phi) is 7.01. The minimum absolute atomic E-state index is 0.354. The molecule has 4 rings (SSSR count). The van der Waals surface area contributed by atoms with Crippen LogP contribution in [0.3, 0.4) is 0 Å². The van der Waals surface area contributed by atoms with E-state index in [0.717, 1.165) is 33.8 Å². The fraction of sp³-hybridized carbons (Fsp3) is 0.100. The van der Waals surface area contributed by atoms with Crippen LogP contribution in [0.4, 0.5) is 17.1 Å². The Bertz CT molecular complexity index is 1200. The van der Waals surface area contributed by atoms with Gasteiger partial charge in [-0.25, -0.2) is 4.79 Å². The van der Waals surface area contributed by atoms with E-state index in [4.69, 9.17) is 4.74 Å². The summed E-state index contributed by atoms with van der Waals surface area (Å²) in [6.07, 6.45) is 1.87. The molecule has 3 heteroatoms. The average Bonchev–Trinajstić information content (AvgIpc) is 2.87. The second-order valence-electron chi connectivity index (χ2n) is 7.87. The number of hydrogen-bond acceptors (Lipinski definition) is 3. The van der Waals surface area contributed by atoms with E-state index >= 15 is 0 Å². The van der Waals surface area contributed by atoms with Gasteiger partial charge >= 0.3 is 5.97 Å². The molecule has 3 nitrogen and oxygen atoms in total. The number of carbonyl (C=O) groups excluding carboxylic acids is 1. The quantitative estimate of drug-likeness (QED) is 0.214. The van der Waals surface area contributed by atoms with Crippen LogP contribution in [0.25, 0.3) is 11.1 Å². The second kappa shape index (κ2) is 10.5. The fourth-order valence-electron chi connectivity index (χ4n) is 3.71. The highest BCUT2D eigenvalue weighted by atomic mass is 16.5. The number of benzene rings is 4. The third-order valence-electron chi connectivity index (χ3n) is 5.52. The standard InChI is InChI=1S/C30H27NO2/c1-3-30(32)33-22-21-24-11-13-25(14-12-24)26-15-19-29(20-16-26)31(27-7-5-4-6-8-27)28-17-9-23(2)10-18-28/h3-20H,1,21-22H2,2H3. The summed E-state index contributed by atoms with van der Waals surface area (Å²) in [5.41, 5.74) is 8.02. The van der Waals surface area contributed by atoms with Crippen LogP contribution >= 0.6 is 0 Å². The lowest BCUT2D eigenvalue weighted by Crippen LogP contribution is -2.09. The lowest BCUT2D eigenvalue weighted by molar-refractivity contribution is -0.137. The number of esters is 1. The molecule has 0 aliphatic carbocycles. The Labute approximate surface area is 195 Å². The fourth-order valence-corrected chi connectivity index (χ4v) is 3.71. The molecule has 0 aromatic heterocycles. The number of ether oxygens (including phenoxy) is 1. The van der Waals surface area contributed by atoms with Gasteiger partial charge in [-0.05, 0) is 60.0 Å². The van der Waals surface area contributed by atoms with Gasteiger partial charge in [-0.2, -0.15) is 0 Å². The van der Waals surface area contributed by atoms with Gasteiger partial charge in [0.1, 0.15) is 0 Å². The highest BCUT2D eigenvalue weighted by Gasteiger charge is 2.12. The molecule has 0 radical (unpaired) electrons. The summed E-state index contributed by atoms with van der Waals surface area (Å²) in [6, 6.07) is 36.0. The normalized spacial score (nSPS) is 10.5. The zero-order chi connectivity index (χ0) is 23.0. The Balaban J connectivity index is 1.54. The number of rotatable bonds is 8. The van der Waals surface area contributed by atoms with Gasteiger partial charge in [0.15, 0.2) is 0 Å².